The largest absolute Gasteiger partial charge is 0.491 e. The van der Waals surface area contributed by atoms with Gasteiger partial charge in [0.2, 0.25) is 5.91 Å². The lowest BCUT2D eigenvalue weighted by molar-refractivity contribution is -0.131. The van der Waals surface area contributed by atoms with Gasteiger partial charge in [0.15, 0.2) is 0 Å². The summed E-state index contributed by atoms with van der Waals surface area (Å²) in [5.74, 6) is 1.03. The van der Waals surface area contributed by atoms with Gasteiger partial charge in [-0.1, -0.05) is 31.5 Å². The Hall–Kier alpha value is -1.55. The molecule has 0 radical (unpaired) electrons. The Morgan fingerprint density at radius 1 is 1.32 bits per heavy atom. The van der Waals surface area contributed by atoms with Crippen LogP contribution in [0.1, 0.15) is 37.8 Å². The first-order chi connectivity index (χ1) is 10.5. The van der Waals surface area contributed by atoms with Crippen molar-refractivity contribution < 1.29 is 9.53 Å². The van der Waals surface area contributed by atoms with E-state index in [1.807, 2.05) is 46.0 Å². The molecule has 0 bridgehead atoms. The molecule has 0 saturated heterocycles. The van der Waals surface area contributed by atoms with E-state index >= 15 is 0 Å². The third-order valence-corrected chi connectivity index (χ3v) is 3.92. The molecule has 1 aromatic carbocycles. The second-order valence-electron chi connectivity index (χ2n) is 5.92. The normalized spacial score (nSPS) is 12.0. The van der Waals surface area contributed by atoms with E-state index in [9.17, 15) is 4.79 Å². The molecule has 1 atom stereocenters. The van der Waals surface area contributed by atoms with Gasteiger partial charge < -0.3 is 15.0 Å². The number of aryl methyl sites for hydroxylation is 2. The number of nitrogens with one attached hydrogen (secondary N) is 1. The molecule has 1 rings (SSSR count). The fourth-order valence-electron chi connectivity index (χ4n) is 2.21. The number of benzene rings is 1. The maximum Gasteiger partial charge on any atom is 0.236 e. The fraction of sp³-hybridized carbons (Fsp3) is 0.611. The van der Waals surface area contributed by atoms with Crippen molar-refractivity contribution in [3.05, 3.63) is 29.3 Å². The minimum Gasteiger partial charge on any atom is -0.491 e. The zero-order valence-electron chi connectivity index (χ0n) is 14.6. The van der Waals surface area contributed by atoms with Crippen LogP contribution in [0.15, 0.2) is 18.2 Å². The van der Waals surface area contributed by atoms with Crippen molar-refractivity contribution in [3.63, 3.8) is 0 Å². The van der Waals surface area contributed by atoms with Gasteiger partial charge in [0.25, 0.3) is 0 Å². The lowest BCUT2D eigenvalue weighted by Gasteiger charge is -2.26. The van der Waals surface area contributed by atoms with E-state index in [1.54, 1.807) is 4.90 Å². The zero-order valence-corrected chi connectivity index (χ0v) is 14.6. The molecule has 1 aromatic rings. The second-order valence-corrected chi connectivity index (χ2v) is 5.92. The van der Waals surface area contributed by atoms with Crippen molar-refractivity contribution in [3.8, 4) is 5.75 Å². The molecule has 1 amide bonds. The number of ether oxygens (including phenoxy) is 1. The molecular weight excluding hydrogens is 276 g/mol. The molecule has 1 N–H and O–H groups in total. The summed E-state index contributed by atoms with van der Waals surface area (Å²) in [5, 5.41) is 3.18. The highest BCUT2D eigenvalue weighted by molar-refractivity contribution is 5.78. The number of hydrogen-bond donors (Lipinski definition) is 1. The molecule has 1 unspecified atom stereocenters. The highest BCUT2D eigenvalue weighted by Crippen LogP contribution is 2.22. The summed E-state index contributed by atoms with van der Waals surface area (Å²) in [4.78, 5) is 13.9. The second kappa shape index (κ2) is 9.46. The Bertz CT molecular complexity index is 454. The van der Waals surface area contributed by atoms with E-state index in [1.165, 1.54) is 0 Å². The number of amides is 1. The van der Waals surface area contributed by atoms with Crippen molar-refractivity contribution in [2.24, 2.45) is 0 Å². The van der Waals surface area contributed by atoms with Crippen LogP contribution in [0.2, 0.25) is 0 Å². The summed E-state index contributed by atoms with van der Waals surface area (Å²) in [7, 11) is 1.84. The molecule has 0 spiro atoms. The molecule has 0 aliphatic rings. The molecule has 4 nitrogen and oxygen atoms in total. The molecule has 0 fully saturated rings. The van der Waals surface area contributed by atoms with Gasteiger partial charge in [0.05, 0.1) is 12.6 Å². The SMILES string of the molecule is CCCCNCC(=O)N(C)C(C)COc1c(C)cccc1C. The van der Waals surface area contributed by atoms with Crippen molar-refractivity contribution in [2.45, 2.75) is 46.6 Å². The predicted molar refractivity (Wildman–Crippen MR) is 91.4 cm³/mol. The van der Waals surface area contributed by atoms with E-state index in [4.69, 9.17) is 4.74 Å². The van der Waals surface area contributed by atoms with Crippen LogP contribution in [0.4, 0.5) is 0 Å². The van der Waals surface area contributed by atoms with E-state index in [0.717, 1.165) is 36.3 Å². The van der Waals surface area contributed by atoms with E-state index in [-0.39, 0.29) is 11.9 Å². The molecule has 0 aliphatic carbocycles. The van der Waals surface area contributed by atoms with Crippen LogP contribution >= 0.6 is 0 Å². The molecule has 0 saturated carbocycles. The Labute approximate surface area is 134 Å². The monoisotopic (exact) mass is 306 g/mol. The molecule has 124 valence electrons. The van der Waals surface area contributed by atoms with Crippen LogP contribution < -0.4 is 10.1 Å². The van der Waals surface area contributed by atoms with Crippen LogP contribution in [0.3, 0.4) is 0 Å². The zero-order chi connectivity index (χ0) is 16.5. The van der Waals surface area contributed by atoms with Crippen LogP contribution in [0.5, 0.6) is 5.75 Å². The Balaban J connectivity index is 2.43. The molecule has 4 heteroatoms. The molecular formula is C18H30N2O2. The Morgan fingerprint density at radius 2 is 1.95 bits per heavy atom. The number of unbranched alkanes of at least 4 members (excludes halogenated alkanes) is 1. The number of para-hydroxylation sites is 1. The molecule has 22 heavy (non-hydrogen) atoms. The van der Waals surface area contributed by atoms with Gasteiger partial charge in [-0.05, 0) is 44.9 Å². The minimum atomic E-state index is 0.0412. The maximum atomic E-state index is 12.1. The van der Waals surface area contributed by atoms with Crippen molar-refractivity contribution in [1.29, 1.82) is 0 Å². The van der Waals surface area contributed by atoms with Crippen molar-refractivity contribution >= 4 is 5.91 Å². The third-order valence-electron chi connectivity index (χ3n) is 3.92. The summed E-state index contributed by atoms with van der Waals surface area (Å²) >= 11 is 0. The quantitative estimate of drug-likeness (QED) is 0.713. The van der Waals surface area contributed by atoms with Gasteiger partial charge in [-0.2, -0.15) is 0 Å². The highest BCUT2D eigenvalue weighted by atomic mass is 16.5. The first-order valence-corrected chi connectivity index (χ1v) is 8.12. The van der Waals surface area contributed by atoms with Crippen LogP contribution in [-0.2, 0) is 4.79 Å². The van der Waals surface area contributed by atoms with E-state index in [2.05, 4.69) is 12.2 Å². The number of hydrogen-bond acceptors (Lipinski definition) is 3. The number of rotatable bonds is 9. The molecule has 0 aliphatic heterocycles. The van der Waals surface area contributed by atoms with E-state index < -0.39 is 0 Å². The minimum absolute atomic E-state index is 0.0412. The number of carbonyl (C=O) groups is 1. The predicted octanol–water partition coefficient (Wildman–Crippen LogP) is 2.92. The van der Waals surface area contributed by atoms with Gasteiger partial charge in [0, 0.05) is 7.05 Å². The highest BCUT2D eigenvalue weighted by Gasteiger charge is 2.16. The van der Waals surface area contributed by atoms with Gasteiger partial charge in [-0.25, -0.2) is 0 Å². The summed E-state index contributed by atoms with van der Waals surface area (Å²) < 4.78 is 5.93. The van der Waals surface area contributed by atoms with E-state index in [0.29, 0.717) is 13.2 Å². The first-order valence-electron chi connectivity index (χ1n) is 8.12. The van der Waals surface area contributed by atoms with Gasteiger partial charge in [-0.3, -0.25) is 4.79 Å². The standard InChI is InChI=1S/C18H30N2O2/c1-6-7-11-19-12-17(21)20(5)16(4)13-22-18-14(2)9-8-10-15(18)3/h8-10,16,19H,6-7,11-13H2,1-5H3. The van der Waals surface area contributed by atoms with Gasteiger partial charge in [-0.15, -0.1) is 0 Å². The average Bonchev–Trinajstić information content (AvgIpc) is 2.49. The van der Waals surface area contributed by atoms with Gasteiger partial charge in [0.1, 0.15) is 12.4 Å². The van der Waals surface area contributed by atoms with Crippen molar-refractivity contribution in [1.82, 2.24) is 10.2 Å². The summed E-state index contributed by atoms with van der Waals surface area (Å²) in [5.41, 5.74) is 2.25. The summed E-state index contributed by atoms with van der Waals surface area (Å²) in [6.07, 6.45) is 2.24. The Morgan fingerprint density at radius 3 is 2.55 bits per heavy atom. The Kier molecular flexibility index (Phi) is 7.96. The number of nitrogens with zero attached hydrogens (tertiary/aromatic N) is 1. The smallest absolute Gasteiger partial charge is 0.236 e. The van der Waals surface area contributed by atoms with Crippen molar-refractivity contribution in [2.75, 3.05) is 26.7 Å². The lowest BCUT2D eigenvalue weighted by Crippen LogP contribution is -2.43. The van der Waals surface area contributed by atoms with Gasteiger partial charge >= 0.3 is 0 Å². The summed E-state index contributed by atoms with van der Waals surface area (Å²) in [6, 6.07) is 6.15. The summed E-state index contributed by atoms with van der Waals surface area (Å²) in [6.45, 7) is 10.0. The third kappa shape index (κ3) is 5.68. The molecule has 0 aromatic heterocycles. The number of likely N-dealkylation sites (N-methyl/N-ethyl adjacent to an activating group) is 1. The first kappa shape index (κ1) is 18.5. The number of carbonyl (C=O) groups excluding carboxylic acids is 1. The topological polar surface area (TPSA) is 41.6 Å². The van der Waals surface area contributed by atoms with Crippen LogP contribution in [0, 0.1) is 13.8 Å². The van der Waals surface area contributed by atoms with Crippen LogP contribution in [0.25, 0.3) is 0 Å². The lowest BCUT2D eigenvalue weighted by atomic mass is 10.1. The fourth-order valence-corrected chi connectivity index (χ4v) is 2.21. The maximum absolute atomic E-state index is 12.1. The average molecular weight is 306 g/mol. The van der Waals surface area contributed by atoms with Crippen LogP contribution in [-0.4, -0.2) is 43.6 Å². The molecule has 0 heterocycles.